The zero-order chi connectivity index (χ0) is 14.5. The second kappa shape index (κ2) is 7.72. The summed E-state index contributed by atoms with van der Waals surface area (Å²) in [7, 11) is 2.11. The number of halogens is 1. The second-order valence-electron chi connectivity index (χ2n) is 6.19. The van der Waals surface area contributed by atoms with Gasteiger partial charge in [-0.15, -0.1) is 11.8 Å². The Hall–Kier alpha value is -0.180. The molecule has 1 aliphatic carbocycles. The lowest BCUT2D eigenvalue weighted by molar-refractivity contribution is 0.181. The van der Waals surface area contributed by atoms with Gasteiger partial charge in [0.15, 0.2) is 0 Å². The molecule has 0 aliphatic heterocycles. The first kappa shape index (κ1) is 16.2. The Kier molecular flexibility index (Phi) is 6.25. The van der Waals surface area contributed by atoms with Crippen molar-refractivity contribution in [3.8, 4) is 0 Å². The van der Waals surface area contributed by atoms with Crippen molar-refractivity contribution in [3.05, 3.63) is 29.3 Å². The molecule has 0 heterocycles. The molecule has 4 atom stereocenters. The van der Waals surface area contributed by atoms with Crippen LogP contribution in [-0.4, -0.2) is 18.8 Å². The van der Waals surface area contributed by atoms with Gasteiger partial charge in [0.1, 0.15) is 0 Å². The van der Waals surface area contributed by atoms with Gasteiger partial charge in [-0.2, -0.15) is 0 Å². The van der Waals surface area contributed by atoms with Crippen LogP contribution in [0.5, 0.6) is 0 Å². The molecule has 1 saturated carbocycles. The molecule has 1 nitrogen and oxygen atoms in total. The maximum atomic E-state index is 5.93. The standard InChI is InChI=1S/C17H26ClNS/c1-12-4-5-14(10-13(12)2)17(19-3)11-20-16-8-6-15(18)7-9-16/h6-9,12-14,17,19H,4-5,10-11H2,1-3H3. The minimum Gasteiger partial charge on any atom is -0.316 e. The predicted molar refractivity (Wildman–Crippen MR) is 90.7 cm³/mol. The van der Waals surface area contributed by atoms with Crippen LogP contribution in [-0.2, 0) is 0 Å². The molecule has 4 unspecified atom stereocenters. The van der Waals surface area contributed by atoms with Crippen LogP contribution in [0.25, 0.3) is 0 Å². The number of hydrogen-bond acceptors (Lipinski definition) is 2. The van der Waals surface area contributed by atoms with Gasteiger partial charge in [0.05, 0.1) is 0 Å². The Labute approximate surface area is 132 Å². The molecule has 0 radical (unpaired) electrons. The molecule has 0 amide bonds. The summed E-state index contributed by atoms with van der Waals surface area (Å²) in [5.41, 5.74) is 0. The highest BCUT2D eigenvalue weighted by Crippen LogP contribution is 2.36. The van der Waals surface area contributed by atoms with E-state index < -0.39 is 0 Å². The smallest absolute Gasteiger partial charge is 0.0406 e. The minimum atomic E-state index is 0.616. The Morgan fingerprint density at radius 3 is 2.50 bits per heavy atom. The SMILES string of the molecule is CNC(CSc1ccc(Cl)cc1)C1CCC(C)C(C)C1. The molecular formula is C17H26ClNS. The Morgan fingerprint density at radius 1 is 1.20 bits per heavy atom. The summed E-state index contributed by atoms with van der Waals surface area (Å²) in [6.07, 6.45) is 4.13. The zero-order valence-electron chi connectivity index (χ0n) is 12.7. The summed E-state index contributed by atoms with van der Waals surface area (Å²) in [6, 6.07) is 8.80. The fourth-order valence-electron chi connectivity index (χ4n) is 3.13. The first-order valence-electron chi connectivity index (χ1n) is 7.65. The summed E-state index contributed by atoms with van der Waals surface area (Å²) in [4.78, 5) is 1.31. The molecule has 20 heavy (non-hydrogen) atoms. The monoisotopic (exact) mass is 311 g/mol. The lowest BCUT2D eigenvalue weighted by Gasteiger charge is -2.36. The zero-order valence-corrected chi connectivity index (χ0v) is 14.3. The molecule has 1 aliphatic rings. The number of benzene rings is 1. The third kappa shape index (κ3) is 4.41. The van der Waals surface area contributed by atoms with Gasteiger partial charge in [0.25, 0.3) is 0 Å². The van der Waals surface area contributed by atoms with Crippen LogP contribution >= 0.6 is 23.4 Å². The molecule has 112 valence electrons. The molecule has 3 heteroatoms. The fraction of sp³-hybridized carbons (Fsp3) is 0.647. The lowest BCUT2D eigenvalue weighted by Crippen LogP contribution is -2.39. The molecule has 1 fully saturated rings. The van der Waals surface area contributed by atoms with E-state index in [1.54, 1.807) is 0 Å². The number of hydrogen-bond donors (Lipinski definition) is 1. The first-order chi connectivity index (χ1) is 9.60. The van der Waals surface area contributed by atoms with Crippen molar-refractivity contribution in [2.75, 3.05) is 12.8 Å². The van der Waals surface area contributed by atoms with E-state index in [0.717, 1.165) is 28.5 Å². The van der Waals surface area contributed by atoms with Crippen molar-refractivity contribution in [2.24, 2.45) is 17.8 Å². The van der Waals surface area contributed by atoms with E-state index in [2.05, 4.69) is 38.3 Å². The van der Waals surface area contributed by atoms with Crippen LogP contribution in [0, 0.1) is 17.8 Å². The van der Waals surface area contributed by atoms with Crippen molar-refractivity contribution in [1.29, 1.82) is 0 Å². The quantitative estimate of drug-likeness (QED) is 0.760. The van der Waals surface area contributed by atoms with Gasteiger partial charge in [-0.25, -0.2) is 0 Å². The van der Waals surface area contributed by atoms with Crippen LogP contribution in [0.2, 0.25) is 5.02 Å². The van der Waals surface area contributed by atoms with Crippen molar-refractivity contribution < 1.29 is 0 Å². The van der Waals surface area contributed by atoms with Gasteiger partial charge < -0.3 is 5.32 Å². The number of nitrogens with one attached hydrogen (secondary N) is 1. The summed E-state index contributed by atoms with van der Waals surface area (Å²) >= 11 is 7.87. The van der Waals surface area contributed by atoms with Crippen LogP contribution in [0.15, 0.2) is 29.2 Å². The summed E-state index contributed by atoms with van der Waals surface area (Å²) in [5, 5.41) is 4.36. The maximum Gasteiger partial charge on any atom is 0.0406 e. The molecule has 1 N–H and O–H groups in total. The van der Waals surface area contributed by atoms with Gasteiger partial charge >= 0.3 is 0 Å². The van der Waals surface area contributed by atoms with Gasteiger partial charge in [-0.3, -0.25) is 0 Å². The van der Waals surface area contributed by atoms with E-state index in [9.17, 15) is 0 Å². The van der Waals surface area contributed by atoms with Crippen molar-refractivity contribution in [3.63, 3.8) is 0 Å². The van der Waals surface area contributed by atoms with Crippen LogP contribution in [0.3, 0.4) is 0 Å². The molecule has 0 saturated heterocycles. The van der Waals surface area contributed by atoms with Crippen molar-refractivity contribution in [2.45, 2.75) is 44.0 Å². The number of rotatable bonds is 5. The highest BCUT2D eigenvalue weighted by atomic mass is 35.5. The highest BCUT2D eigenvalue weighted by Gasteiger charge is 2.29. The van der Waals surface area contributed by atoms with Gasteiger partial charge in [-0.05, 0) is 61.9 Å². The lowest BCUT2D eigenvalue weighted by atomic mass is 9.73. The highest BCUT2D eigenvalue weighted by molar-refractivity contribution is 7.99. The fourth-order valence-corrected chi connectivity index (χ4v) is 4.39. The normalized spacial score (nSPS) is 28.3. The van der Waals surface area contributed by atoms with Crippen LogP contribution in [0.4, 0.5) is 0 Å². The third-order valence-electron chi connectivity index (χ3n) is 4.82. The van der Waals surface area contributed by atoms with E-state index in [4.69, 9.17) is 11.6 Å². The Bertz CT molecular complexity index is 406. The second-order valence-corrected chi connectivity index (χ2v) is 7.72. The topological polar surface area (TPSA) is 12.0 Å². The minimum absolute atomic E-state index is 0.616. The molecule has 0 aromatic heterocycles. The van der Waals surface area contributed by atoms with Crippen LogP contribution < -0.4 is 5.32 Å². The van der Waals surface area contributed by atoms with E-state index in [0.29, 0.717) is 6.04 Å². The predicted octanol–water partition coefficient (Wildman–Crippen LogP) is 5.09. The van der Waals surface area contributed by atoms with E-state index in [-0.39, 0.29) is 0 Å². The average molecular weight is 312 g/mol. The van der Waals surface area contributed by atoms with Crippen molar-refractivity contribution in [1.82, 2.24) is 5.32 Å². The number of thioether (sulfide) groups is 1. The van der Waals surface area contributed by atoms with Gasteiger partial charge in [0, 0.05) is 21.7 Å². The first-order valence-corrected chi connectivity index (χ1v) is 9.02. The molecule has 0 bridgehead atoms. The molecule has 1 aromatic rings. The Balaban J connectivity index is 1.87. The van der Waals surface area contributed by atoms with E-state index in [1.165, 1.54) is 24.2 Å². The van der Waals surface area contributed by atoms with E-state index >= 15 is 0 Å². The Morgan fingerprint density at radius 2 is 1.90 bits per heavy atom. The van der Waals surface area contributed by atoms with Crippen molar-refractivity contribution >= 4 is 23.4 Å². The molecule has 2 rings (SSSR count). The van der Waals surface area contributed by atoms with E-state index in [1.807, 2.05) is 23.9 Å². The largest absolute Gasteiger partial charge is 0.316 e. The maximum absolute atomic E-state index is 5.93. The van der Waals surface area contributed by atoms with Gasteiger partial charge in [-0.1, -0.05) is 31.9 Å². The molecule has 1 aromatic carbocycles. The van der Waals surface area contributed by atoms with Crippen LogP contribution in [0.1, 0.15) is 33.1 Å². The molecule has 0 spiro atoms. The third-order valence-corrected chi connectivity index (χ3v) is 6.21. The summed E-state index contributed by atoms with van der Waals surface area (Å²) < 4.78 is 0. The summed E-state index contributed by atoms with van der Waals surface area (Å²) in [5.74, 6) is 3.73. The average Bonchev–Trinajstić information content (AvgIpc) is 2.45. The molecular weight excluding hydrogens is 286 g/mol. The summed E-state index contributed by atoms with van der Waals surface area (Å²) in [6.45, 7) is 4.81. The van der Waals surface area contributed by atoms with Gasteiger partial charge in [0.2, 0.25) is 0 Å².